The molecule has 0 aliphatic heterocycles. The van der Waals surface area contributed by atoms with Gasteiger partial charge in [0.1, 0.15) is 0 Å². The number of nitrogens with zero attached hydrogens (tertiary/aromatic N) is 1. The molecule has 12 rings (SSSR count). The van der Waals surface area contributed by atoms with Crippen molar-refractivity contribution in [2.45, 2.75) is 12.3 Å². The maximum atomic E-state index is 2.50. The van der Waals surface area contributed by atoms with Crippen LogP contribution in [0.4, 0.5) is 17.1 Å². The first-order valence-electron chi connectivity index (χ1n) is 23.3. The van der Waals surface area contributed by atoms with Gasteiger partial charge in [0.25, 0.3) is 0 Å². The van der Waals surface area contributed by atoms with E-state index in [1.54, 1.807) is 0 Å². The van der Waals surface area contributed by atoms with Gasteiger partial charge >= 0.3 is 0 Å². The number of para-hydroxylation sites is 1. The smallest absolute Gasteiger partial charge is 0.0540 e. The van der Waals surface area contributed by atoms with Crippen LogP contribution in [-0.2, 0) is 5.41 Å². The number of fused-ring (bicyclic) bond motifs is 4. The lowest BCUT2D eigenvalue weighted by atomic mass is 9.74. The average Bonchev–Trinajstić information content (AvgIpc) is 3.67. The van der Waals surface area contributed by atoms with Crippen LogP contribution < -0.4 is 4.90 Å². The summed E-state index contributed by atoms with van der Waals surface area (Å²) < 4.78 is 0. The molecule has 0 aromatic heterocycles. The second-order valence-corrected chi connectivity index (χ2v) is 17.7. The van der Waals surface area contributed by atoms with Crippen LogP contribution in [0.3, 0.4) is 0 Å². The van der Waals surface area contributed by atoms with Crippen LogP contribution >= 0.6 is 0 Å². The van der Waals surface area contributed by atoms with E-state index >= 15 is 0 Å². The lowest BCUT2D eigenvalue weighted by molar-refractivity contribution is 0.714. The molecule has 0 saturated heterocycles. The van der Waals surface area contributed by atoms with Crippen molar-refractivity contribution in [2.24, 2.45) is 0 Å². The van der Waals surface area contributed by atoms with E-state index in [0.29, 0.717) is 0 Å². The van der Waals surface area contributed by atoms with Gasteiger partial charge in [-0.15, -0.1) is 0 Å². The fourth-order valence-corrected chi connectivity index (χ4v) is 10.8. The molecule has 1 nitrogen and oxygen atoms in total. The summed E-state index contributed by atoms with van der Waals surface area (Å²) in [5.41, 5.74) is 21.3. The Morgan fingerprint density at radius 2 is 0.731 bits per heavy atom. The molecule has 0 spiro atoms. The van der Waals surface area contributed by atoms with Gasteiger partial charge in [-0.25, -0.2) is 0 Å². The van der Waals surface area contributed by atoms with Crippen LogP contribution in [0.25, 0.3) is 77.5 Å². The predicted molar refractivity (Wildman–Crippen MR) is 283 cm³/mol. The molecule has 1 atom stereocenters. The summed E-state index contributed by atoms with van der Waals surface area (Å²) >= 11 is 0. The molecule has 0 saturated carbocycles. The fraction of sp³-hybridized carbons (Fsp3) is 0.0303. The highest BCUT2D eigenvalue weighted by molar-refractivity contribution is 6.07. The molecule has 67 heavy (non-hydrogen) atoms. The van der Waals surface area contributed by atoms with Gasteiger partial charge in [0.15, 0.2) is 0 Å². The largest absolute Gasteiger partial charge is 0.310 e. The second-order valence-electron chi connectivity index (χ2n) is 17.7. The van der Waals surface area contributed by atoms with E-state index in [4.69, 9.17) is 0 Å². The van der Waals surface area contributed by atoms with E-state index in [2.05, 4.69) is 279 Å². The van der Waals surface area contributed by atoms with E-state index in [0.717, 1.165) is 28.2 Å². The lowest BCUT2D eigenvalue weighted by Crippen LogP contribution is -2.23. The molecule has 0 radical (unpaired) electrons. The number of hydrogen-bond donors (Lipinski definition) is 0. The molecular weight excluding hydrogens is 807 g/mol. The summed E-state index contributed by atoms with van der Waals surface area (Å²) in [4.78, 5) is 2.50. The number of benzene rings is 11. The van der Waals surface area contributed by atoms with Crippen molar-refractivity contribution < 1.29 is 0 Å². The molecule has 0 fully saturated rings. The van der Waals surface area contributed by atoms with Gasteiger partial charge in [0, 0.05) is 22.4 Å². The zero-order chi connectivity index (χ0) is 44.7. The SMILES string of the molecule is CC1(c2ccccc2)c2ccccc2-c2ccc(N(c3cccc(-c4cccc5cccc(-c6ccccc6)c45)c3)c3ccccc3-c3ccccc3-c3ccccc3-c3ccccc3)cc21. The second kappa shape index (κ2) is 16.8. The van der Waals surface area contributed by atoms with Crippen LogP contribution in [0.2, 0.25) is 0 Å². The first-order chi connectivity index (χ1) is 33.1. The molecule has 316 valence electrons. The van der Waals surface area contributed by atoms with Gasteiger partial charge in [-0.2, -0.15) is 0 Å². The Bertz CT molecular complexity index is 3590. The zero-order valence-corrected chi connectivity index (χ0v) is 37.4. The molecule has 0 amide bonds. The molecule has 0 bridgehead atoms. The summed E-state index contributed by atoms with van der Waals surface area (Å²) in [6.07, 6.45) is 0. The molecule has 0 N–H and O–H groups in total. The number of rotatable bonds is 9. The number of anilines is 3. The monoisotopic (exact) mass is 853 g/mol. The van der Waals surface area contributed by atoms with Crippen molar-refractivity contribution in [1.82, 2.24) is 0 Å². The minimum absolute atomic E-state index is 0.360. The van der Waals surface area contributed by atoms with Gasteiger partial charge in [-0.1, -0.05) is 237 Å². The minimum Gasteiger partial charge on any atom is -0.310 e. The molecular formula is C66H47N. The van der Waals surface area contributed by atoms with Gasteiger partial charge in [0.2, 0.25) is 0 Å². The van der Waals surface area contributed by atoms with Crippen molar-refractivity contribution in [3.05, 3.63) is 284 Å². The highest BCUT2D eigenvalue weighted by atomic mass is 15.1. The summed E-state index contributed by atoms with van der Waals surface area (Å²) in [6.45, 7) is 2.40. The third-order valence-electron chi connectivity index (χ3n) is 14.0. The van der Waals surface area contributed by atoms with Gasteiger partial charge in [-0.05, 0) is 126 Å². The predicted octanol–water partition coefficient (Wildman–Crippen LogP) is 18.0. The van der Waals surface area contributed by atoms with Crippen molar-refractivity contribution in [3.63, 3.8) is 0 Å². The standard InChI is InChI=1S/C66H47N/c1-66(50-29-9-4-10-30-50)62-40-17-15-36-59(62)60-43-42-52(45-63(60)66)67(51-31-19-28-49(44-51)55-39-21-27-48-26-20-38-54(65(48)55)47-24-7-3-8-25-47)64-41-18-16-37-61(64)58-35-14-13-34-57(58)56-33-12-11-32-53(56)46-22-5-2-6-23-46/h2-45H,1H3. The Balaban J connectivity index is 1.10. The first-order valence-corrected chi connectivity index (χ1v) is 23.3. The summed E-state index contributed by atoms with van der Waals surface area (Å²) in [5.74, 6) is 0. The van der Waals surface area contributed by atoms with E-state index in [1.807, 2.05) is 0 Å². The van der Waals surface area contributed by atoms with E-state index in [1.165, 1.54) is 83.1 Å². The molecule has 1 aliphatic rings. The normalized spacial score (nSPS) is 13.8. The Hall–Kier alpha value is -8.52. The fourth-order valence-electron chi connectivity index (χ4n) is 10.8. The molecule has 1 heteroatoms. The number of hydrogen-bond acceptors (Lipinski definition) is 1. The van der Waals surface area contributed by atoms with Gasteiger partial charge in [0.05, 0.1) is 5.69 Å². The summed E-state index contributed by atoms with van der Waals surface area (Å²) in [6, 6.07) is 97.9. The Morgan fingerprint density at radius 3 is 1.42 bits per heavy atom. The maximum Gasteiger partial charge on any atom is 0.0540 e. The van der Waals surface area contributed by atoms with Crippen LogP contribution in [0, 0.1) is 0 Å². The molecule has 0 heterocycles. The van der Waals surface area contributed by atoms with E-state index < -0.39 is 0 Å². The molecule has 11 aromatic carbocycles. The minimum atomic E-state index is -0.360. The van der Waals surface area contributed by atoms with E-state index in [-0.39, 0.29) is 5.41 Å². The van der Waals surface area contributed by atoms with Gasteiger partial charge < -0.3 is 4.90 Å². The molecule has 1 aliphatic carbocycles. The summed E-state index contributed by atoms with van der Waals surface area (Å²) in [7, 11) is 0. The lowest BCUT2D eigenvalue weighted by Gasteiger charge is -2.32. The third-order valence-corrected chi connectivity index (χ3v) is 14.0. The van der Waals surface area contributed by atoms with Crippen molar-refractivity contribution in [1.29, 1.82) is 0 Å². The van der Waals surface area contributed by atoms with Crippen LogP contribution in [0.5, 0.6) is 0 Å². The third kappa shape index (κ3) is 6.87. The van der Waals surface area contributed by atoms with Crippen LogP contribution in [0.15, 0.2) is 267 Å². The Labute approximate surface area is 393 Å². The summed E-state index contributed by atoms with van der Waals surface area (Å²) in [5, 5.41) is 2.47. The molecule has 1 unspecified atom stereocenters. The Morgan fingerprint density at radius 1 is 0.284 bits per heavy atom. The van der Waals surface area contributed by atoms with Crippen LogP contribution in [-0.4, -0.2) is 0 Å². The highest BCUT2D eigenvalue weighted by Crippen LogP contribution is 2.55. The Kier molecular flexibility index (Phi) is 10.0. The van der Waals surface area contributed by atoms with Gasteiger partial charge in [-0.3, -0.25) is 0 Å². The van der Waals surface area contributed by atoms with E-state index in [9.17, 15) is 0 Å². The van der Waals surface area contributed by atoms with Crippen molar-refractivity contribution >= 4 is 27.8 Å². The zero-order valence-electron chi connectivity index (χ0n) is 37.4. The first kappa shape index (κ1) is 40.0. The van der Waals surface area contributed by atoms with Crippen molar-refractivity contribution in [2.75, 3.05) is 4.90 Å². The average molecular weight is 854 g/mol. The van der Waals surface area contributed by atoms with Crippen LogP contribution in [0.1, 0.15) is 23.6 Å². The quantitative estimate of drug-likeness (QED) is 0.140. The molecule has 11 aromatic rings. The van der Waals surface area contributed by atoms with Crippen molar-refractivity contribution in [3.8, 4) is 66.8 Å². The highest BCUT2D eigenvalue weighted by Gasteiger charge is 2.41. The topological polar surface area (TPSA) is 3.24 Å². The maximum absolute atomic E-state index is 2.50.